The summed E-state index contributed by atoms with van der Waals surface area (Å²) in [6.07, 6.45) is 3.13. The van der Waals surface area contributed by atoms with Gasteiger partial charge < -0.3 is 10.5 Å². The van der Waals surface area contributed by atoms with Crippen LogP contribution in [-0.2, 0) is 6.54 Å². The van der Waals surface area contributed by atoms with E-state index in [9.17, 15) is 4.39 Å². The maximum absolute atomic E-state index is 12.9. The first-order chi connectivity index (χ1) is 8.19. The molecule has 0 fully saturated rings. The Morgan fingerprint density at radius 2 is 2.00 bits per heavy atom. The highest BCUT2D eigenvalue weighted by molar-refractivity contribution is 6.30. The van der Waals surface area contributed by atoms with Crippen LogP contribution in [0.15, 0.2) is 30.6 Å². The zero-order valence-electron chi connectivity index (χ0n) is 8.73. The highest BCUT2D eigenvalue weighted by Gasteiger charge is 2.04. The van der Waals surface area contributed by atoms with Crippen molar-refractivity contribution in [3.8, 4) is 11.8 Å². The number of halogens is 2. The molecule has 88 valence electrons. The van der Waals surface area contributed by atoms with Gasteiger partial charge in [0.15, 0.2) is 0 Å². The van der Waals surface area contributed by atoms with Crippen molar-refractivity contribution < 1.29 is 9.13 Å². The molecule has 1 aromatic heterocycles. The Balaban J connectivity index is 2.16. The predicted octanol–water partition coefficient (Wildman–Crippen LogP) is 2.52. The van der Waals surface area contributed by atoms with Crippen molar-refractivity contribution in [2.45, 2.75) is 6.54 Å². The number of aromatic nitrogens is 2. The molecule has 0 saturated carbocycles. The smallest absolute Gasteiger partial charge is 0.321 e. The molecule has 0 bridgehead atoms. The predicted molar refractivity (Wildman–Crippen MR) is 61.4 cm³/mol. The molecule has 0 amide bonds. The maximum atomic E-state index is 12.9. The lowest BCUT2D eigenvalue weighted by Gasteiger charge is -2.04. The Morgan fingerprint density at radius 3 is 2.59 bits per heavy atom. The Kier molecular flexibility index (Phi) is 3.51. The molecule has 1 aromatic carbocycles. The number of ether oxygens (including phenoxy) is 1. The molecule has 2 aromatic rings. The second-order valence-electron chi connectivity index (χ2n) is 3.26. The van der Waals surface area contributed by atoms with Crippen LogP contribution in [0.3, 0.4) is 0 Å². The summed E-state index contributed by atoms with van der Waals surface area (Å²) in [5.41, 5.74) is 6.21. The fourth-order valence-electron chi connectivity index (χ4n) is 1.15. The van der Waals surface area contributed by atoms with E-state index in [1.807, 2.05) is 0 Å². The van der Waals surface area contributed by atoms with Gasteiger partial charge in [-0.25, -0.2) is 14.4 Å². The van der Waals surface area contributed by atoms with Gasteiger partial charge >= 0.3 is 6.01 Å². The fourth-order valence-corrected chi connectivity index (χ4v) is 1.32. The molecule has 0 aliphatic heterocycles. The topological polar surface area (TPSA) is 61.0 Å². The van der Waals surface area contributed by atoms with Gasteiger partial charge in [-0.1, -0.05) is 11.6 Å². The number of rotatable bonds is 3. The Bertz CT molecular complexity index is 519. The summed E-state index contributed by atoms with van der Waals surface area (Å²) in [7, 11) is 0. The highest BCUT2D eigenvalue weighted by Crippen LogP contribution is 2.23. The minimum atomic E-state index is -0.501. The SMILES string of the molecule is NCc1cnc(Oc2ccc(F)c(Cl)c2)nc1. The molecular formula is C11H9ClFN3O. The molecule has 0 aliphatic carbocycles. The lowest BCUT2D eigenvalue weighted by Crippen LogP contribution is -1.99. The second kappa shape index (κ2) is 5.07. The number of nitrogens with two attached hydrogens (primary N) is 1. The van der Waals surface area contributed by atoms with Crippen molar-refractivity contribution in [3.05, 3.63) is 47.0 Å². The first-order valence-electron chi connectivity index (χ1n) is 4.83. The van der Waals surface area contributed by atoms with Crippen LogP contribution < -0.4 is 10.5 Å². The monoisotopic (exact) mass is 253 g/mol. The van der Waals surface area contributed by atoms with Crippen LogP contribution in [0.25, 0.3) is 0 Å². The van der Waals surface area contributed by atoms with E-state index in [1.165, 1.54) is 18.2 Å². The summed E-state index contributed by atoms with van der Waals surface area (Å²) in [4.78, 5) is 7.89. The number of nitrogens with zero attached hydrogens (tertiary/aromatic N) is 2. The molecule has 1 heterocycles. The van der Waals surface area contributed by atoms with Gasteiger partial charge in [0.05, 0.1) is 5.02 Å². The van der Waals surface area contributed by atoms with Gasteiger partial charge in [-0.2, -0.15) is 0 Å². The second-order valence-corrected chi connectivity index (χ2v) is 3.66. The number of hydrogen-bond donors (Lipinski definition) is 1. The van der Waals surface area contributed by atoms with Gasteiger partial charge in [-0.3, -0.25) is 0 Å². The van der Waals surface area contributed by atoms with Gasteiger partial charge in [0.25, 0.3) is 0 Å². The fraction of sp³-hybridized carbons (Fsp3) is 0.0909. The third kappa shape index (κ3) is 2.89. The van der Waals surface area contributed by atoms with Crippen molar-refractivity contribution in [3.63, 3.8) is 0 Å². The third-order valence-electron chi connectivity index (χ3n) is 2.02. The summed E-state index contributed by atoms with van der Waals surface area (Å²) in [5, 5.41) is -0.0129. The Morgan fingerprint density at radius 1 is 1.29 bits per heavy atom. The van der Waals surface area contributed by atoms with E-state index >= 15 is 0 Å². The van der Waals surface area contributed by atoms with Crippen molar-refractivity contribution in [2.75, 3.05) is 0 Å². The van der Waals surface area contributed by atoms with Crippen LogP contribution in [0.2, 0.25) is 5.02 Å². The van der Waals surface area contributed by atoms with E-state index in [-0.39, 0.29) is 11.0 Å². The van der Waals surface area contributed by atoms with Crippen LogP contribution in [-0.4, -0.2) is 9.97 Å². The Labute approximate surface area is 102 Å². The molecule has 2 rings (SSSR count). The summed E-state index contributed by atoms with van der Waals surface area (Å²) < 4.78 is 18.2. The zero-order chi connectivity index (χ0) is 12.3. The van der Waals surface area contributed by atoms with Crippen LogP contribution in [0, 0.1) is 5.82 Å². The molecule has 0 atom stereocenters. The van der Waals surface area contributed by atoms with E-state index in [0.717, 1.165) is 5.56 Å². The quantitative estimate of drug-likeness (QED) is 0.913. The summed E-state index contributed by atoms with van der Waals surface area (Å²) in [5.74, 6) is -0.129. The molecule has 0 radical (unpaired) electrons. The standard InChI is InChI=1S/C11H9ClFN3O/c12-9-3-8(1-2-10(9)13)17-11-15-5-7(4-14)6-16-11/h1-3,5-6H,4,14H2. The first-order valence-corrected chi connectivity index (χ1v) is 5.20. The minimum Gasteiger partial charge on any atom is -0.424 e. The molecule has 0 saturated heterocycles. The van der Waals surface area contributed by atoms with Gasteiger partial charge in [0, 0.05) is 30.6 Å². The molecule has 0 spiro atoms. The van der Waals surface area contributed by atoms with Gasteiger partial charge in [-0.15, -0.1) is 0 Å². The van der Waals surface area contributed by atoms with Crippen LogP contribution in [0.1, 0.15) is 5.56 Å². The normalized spacial score (nSPS) is 10.3. The molecule has 0 unspecified atom stereocenters. The lowest BCUT2D eigenvalue weighted by atomic mass is 10.3. The summed E-state index contributed by atoms with van der Waals surface area (Å²) in [6.45, 7) is 0.364. The highest BCUT2D eigenvalue weighted by atomic mass is 35.5. The zero-order valence-corrected chi connectivity index (χ0v) is 9.49. The van der Waals surface area contributed by atoms with Gasteiger partial charge in [-0.05, 0) is 12.1 Å². The molecule has 0 aliphatic rings. The van der Waals surface area contributed by atoms with Crippen molar-refractivity contribution in [1.29, 1.82) is 0 Å². The van der Waals surface area contributed by atoms with Crippen LogP contribution >= 0.6 is 11.6 Å². The average Bonchev–Trinajstić information content (AvgIpc) is 2.35. The van der Waals surface area contributed by atoms with E-state index < -0.39 is 5.82 Å². The number of benzene rings is 1. The molecule has 2 N–H and O–H groups in total. The van der Waals surface area contributed by atoms with E-state index in [1.54, 1.807) is 12.4 Å². The number of hydrogen-bond acceptors (Lipinski definition) is 4. The molecule has 17 heavy (non-hydrogen) atoms. The lowest BCUT2D eigenvalue weighted by molar-refractivity contribution is 0.439. The van der Waals surface area contributed by atoms with Crippen LogP contribution in [0.5, 0.6) is 11.8 Å². The summed E-state index contributed by atoms with van der Waals surface area (Å²) >= 11 is 5.62. The molecule has 6 heteroatoms. The van der Waals surface area contributed by atoms with E-state index in [0.29, 0.717) is 12.3 Å². The largest absolute Gasteiger partial charge is 0.424 e. The van der Waals surface area contributed by atoms with Gasteiger partial charge in [0.1, 0.15) is 11.6 Å². The first kappa shape index (κ1) is 11.8. The summed E-state index contributed by atoms with van der Waals surface area (Å²) in [6, 6.07) is 4.18. The van der Waals surface area contributed by atoms with Gasteiger partial charge in [0.2, 0.25) is 0 Å². The van der Waals surface area contributed by atoms with Crippen molar-refractivity contribution in [1.82, 2.24) is 9.97 Å². The molecule has 4 nitrogen and oxygen atoms in total. The van der Waals surface area contributed by atoms with Crippen molar-refractivity contribution in [2.24, 2.45) is 5.73 Å². The van der Waals surface area contributed by atoms with E-state index in [2.05, 4.69) is 9.97 Å². The Hall–Kier alpha value is -1.72. The maximum Gasteiger partial charge on any atom is 0.321 e. The molecular weight excluding hydrogens is 245 g/mol. The minimum absolute atomic E-state index is 0.0129. The van der Waals surface area contributed by atoms with Crippen molar-refractivity contribution >= 4 is 11.6 Å². The average molecular weight is 254 g/mol. The van der Waals surface area contributed by atoms with E-state index in [4.69, 9.17) is 22.1 Å². The van der Waals surface area contributed by atoms with Crippen LogP contribution in [0.4, 0.5) is 4.39 Å². The third-order valence-corrected chi connectivity index (χ3v) is 2.31.